The van der Waals surface area contributed by atoms with Gasteiger partial charge in [0.2, 0.25) is 0 Å². The molecule has 1 amide bonds. The van der Waals surface area contributed by atoms with Crippen LogP contribution in [-0.2, 0) is 14.3 Å². The summed E-state index contributed by atoms with van der Waals surface area (Å²) in [5, 5.41) is 4.63. The van der Waals surface area contributed by atoms with E-state index in [1.807, 2.05) is 24.4 Å². The molecule has 2 rings (SSSR count). The molecule has 0 bridgehead atoms. The van der Waals surface area contributed by atoms with E-state index < -0.39 is 30.9 Å². The molecule has 0 spiro atoms. The summed E-state index contributed by atoms with van der Waals surface area (Å²) < 4.78 is 23.1. The van der Waals surface area contributed by atoms with E-state index >= 15 is 0 Å². The predicted molar refractivity (Wildman–Crippen MR) is 83.7 cm³/mol. The second-order valence-electron chi connectivity index (χ2n) is 4.68. The molecule has 0 saturated carbocycles. The molecule has 1 N–H and O–H groups in total. The zero-order valence-electron chi connectivity index (χ0n) is 12.5. The second kappa shape index (κ2) is 8.28. The second-order valence-corrected chi connectivity index (χ2v) is 5.66. The lowest BCUT2D eigenvalue weighted by Crippen LogP contribution is -2.31. The van der Waals surface area contributed by atoms with Gasteiger partial charge in [0.25, 0.3) is 5.91 Å². The Morgan fingerprint density at radius 1 is 1.22 bits per heavy atom. The van der Waals surface area contributed by atoms with Gasteiger partial charge in [-0.25, -0.2) is 9.18 Å². The van der Waals surface area contributed by atoms with Crippen molar-refractivity contribution in [3.05, 3.63) is 52.5 Å². The number of thiophene rings is 1. The number of para-hydroxylation sites is 1. The first-order valence-electron chi connectivity index (χ1n) is 6.92. The summed E-state index contributed by atoms with van der Waals surface area (Å²) in [4.78, 5) is 24.2. The normalized spacial score (nSPS) is 11.6. The number of hydrogen-bond donors (Lipinski definition) is 1. The smallest absolute Gasteiger partial charge is 0.344 e. The van der Waals surface area contributed by atoms with Crippen LogP contribution in [0.3, 0.4) is 0 Å². The van der Waals surface area contributed by atoms with Crippen LogP contribution in [0.15, 0.2) is 41.8 Å². The number of hydrogen-bond acceptors (Lipinski definition) is 5. The monoisotopic (exact) mass is 337 g/mol. The highest BCUT2D eigenvalue weighted by Gasteiger charge is 2.13. The zero-order valence-corrected chi connectivity index (χ0v) is 13.3. The van der Waals surface area contributed by atoms with Crippen molar-refractivity contribution in [2.24, 2.45) is 0 Å². The summed E-state index contributed by atoms with van der Waals surface area (Å²) in [5.74, 6) is -1.76. The molecule has 0 fully saturated rings. The summed E-state index contributed by atoms with van der Waals surface area (Å²) in [5.41, 5.74) is 0. The molecule has 5 nitrogen and oxygen atoms in total. The van der Waals surface area contributed by atoms with Gasteiger partial charge < -0.3 is 14.8 Å². The molecule has 23 heavy (non-hydrogen) atoms. The SMILES string of the molecule is C[C@@H](NC(=O)COC(=O)COc1ccccc1F)c1cccs1. The first-order valence-corrected chi connectivity index (χ1v) is 7.80. The third-order valence-electron chi connectivity index (χ3n) is 2.89. The molecule has 0 unspecified atom stereocenters. The summed E-state index contributed by atoms with van der Waals surface area (Å²) in [7, 11) is 0. The average Bonchev–Trinajstić information content (AvgIpc) is 3.06. The highest BCUT2D eigenvalue weighted by molar-refractivity contribution is 7.10. The fourth-order valence-electron chi connectivity index (χ4n) is 1.78. The van der Waals surface area contributed by atoms with Gasteiger partial charge in [-0.05, 0) is 30.5 Å². The highest BCUT2D eigenvalue weighted by atomic mass is 32.1. The molecular formula is C16H16FNO4S. The average molecular weight is 337 g/mol. The Morgan fingerprint density at radius 2 is 2.00 bits per heavy atom. The van der Waals surface area contributed by atoms with Gasteiger partial charge in [-0.2, -0.15) is 0 Å². The van der Waals surface area contributed by atoms with E-state index in [2.05, 4.69) is 5.32 Å². The lowest BCUT2D eigenvalue weighted by atomic mass is 10.3. The van der Waals surface area contributed by atoms with Gasteiger partial charge in [-0.15, -0.1) is 11.3 Å². The first kappa shape index (κ1) is 17.0. The minimum Gasteiger partial charge on any atom is -0.479 e. The summed E-state index contributed by atoms with van der Waals surface area (Å²) in [6.45, 7) is 0.969. The largest absolute Gasteiger partial charge is 0.479 e. The number of carbonyl (C=O) groups is 2. The topological polar surface area (TPSA) is 64.6 Å². The van der Waals surface area contributed by atoms with Crippen LogP contribution >= 0.6 is 11.3 Å². The van der Waals surface area contributed by atoms with Gasteiger partial charge in [0.1, 0.15) is 0 Å². The van der Waals surface area contributed by atoms with Crippen LogP contribution in [0.2, 0.25) is 0 Å². The molecular weight excluding hydrogens is 321 g/mol. The predicted octanol–water partition coefficient (Wildman–Crippen LogP) is 2.69. The number of halogens is 1. The zero-order chi connectivity index (χ0) is 16.7. The minimum absolute atomic E-state index is 0.0415. The van der Waals surface area contributed by atoms with Crippen molar-refractivity contribution in [3.63, 3.8) is 0 Å². The fraction of sp³-hybridized carbons (Fsp3) is 0.250. The Hall–Kier alpha value is -2.41. The molecule has 0 saturated heterocycles. The maximum Gasteiger partial charge on any atom is 0.344 e. The Labute approximate surface area is 137 Å². The van der Waals surface area contributed by atoms with Gasteiger partial charge in [0.15, 0.2) is 24.8 Å². The Morgan fingerprint density at radius 3 is 2.70 bits per heavy atom. The van der Waals surface area contributed by atoms with E-state index in [0.29, 0.717) is 0 Å². The van der Waals surface area contributed by atoms with Gasteiger partial charge in [0.05, 0.1) is 6.04 Å². The van der Waals surface area contributed by atoms with E-state index in [4.69, 9.17) is 9.47 Å². The molecule has 1 atom stereocenters. The van der Waals surface area contributed by atoms with Gasteiger partial charge in [-0.3, -0.25) is 4.79 Å². The lowest BCUT2D eigenvalue weighted by molar-refractivity contribution is -0.150. The van der Waals surface area contributed by atoms with Crippen molar-refractivity contribution >= 4 is 23.2 Å². The standard InChI is InChI=1S/C16H16FNO4S/c1-11(14-7-4-8-23-14)18-15(19)9-22-16(20)10-21-13-6-3-2-5-12(13)17/h2-8,11H,9-10H2,1H3,(H,18,19)/t11-/m1/s1. The van der Waals surface area contributed by atoms with Crippen molar-refractivity contribution in [1.82, 2.24) is 5.32 Å². The molecule has 7 heteroatoms. The van der Waals surface area contributed by atoms with Crippen LogP contribution in [0.1, 0.15) is 17.8 Å². The third-order valence-corrected chi connectivity index (χ3v) is 3.95. The van der Waals surface area contributed by atoms with Crippen LogP contribution in [0, 0.1) is 5.82 Å². The minimum atomic E-state index is -0.743. The van der Waals surface area contributed by atoms with E-state index in [9.17, 15) is 14.0 Å². The number of rotatable bonds is 7. The number of nitrogens with one attached hydrogen (secondary N) is 1. The molecule has 0 aliphatic rings. The molecule has 2 aromatic rings. The van der Waals surface area contributed by atoms with Crippen molar-refractivity contribution in [2.75, 3.05) is 13.2 Å². The fourth-order valence-corrected chi connectivity index (χ4v) is 2.51. The number of amides is 1. The van der Waals surface area contributed by atoms with E-state index in [0.717, 1.165) is 4.88 Å². The Kier molecular flexibility index (Phi) is 6.10. The van der Waals surface area contributed by atoms with Crippen molar-refractivity contribution < 1.29 is 23.5 Å². The van der Waals surface area contributed by atoms with Gasteiger partial charge in [-0.1, -0.05) is 18.2 Å². The molecule has 0 radical (unpaired) electrons. The molecule has 0 aliphatic carbocycles. The molecule has 1 aromatic heterocycles. The van der Waals surface area contributed by atoms with E-state index in [1.54, 1.807) is 6.07 Å². The highest BCUT2D eigenvalue weighted by Crippen LogP contribution is 2.18. The molecule has 0 aliphatic heterocycles. The van der Waals surface area contributed by atoms with Gasteiger partial charge in [0, 0.05) is 4.88 Å². The maximum atomic E-state index is 13.3. The quantitative estimate of drug-likeness (QED) is 0.789. The van der Waals surface area contributed by atoms with Crippen LogP contribution in [-0.4, -0.2) is 25.1 Å². The van der Waals surface area contributed by atoms with Crippen LogP contribution in [0.4, 0.5) is 4.39 Å². The van der Waals surface area contributed by atoms with E-state index in [1.165, 1.54) is 29.5 Å². The lowest BCUT2D eigenvalue weighted by Gasteiger charge is -2.12. The maximum absolute atomic E-state index is 13.3. The Balaban J connectivity index is 1.70. The van der Waals surface area contributed by atoms with E-state index in [-0.39, 0.29) is 11.8 Å². The van der Waals surface area contributed by atoms with Crippen molar-refractivity contribution in [2.45, 2.75) is 13.0 Å². The first-order chi connectivity index (χ1) is 11.1. The van der Waals surface area contributed by atoms with Crippen LogP contribution in [0.5, 0.6) is 5.75 Å². The summed E-state index contributed by atoms with van der Waals surface area (Å²) >= 11 is 1.53. The van der Waals surface area contributed by atoms with Crippen molar-refractivity contribution in [1.29, 1.82) is 0 Å². The molecule has 122 valence electrons. The number of carbonyl (C=O) groups excluding carboxylic acids is 2. The summed E-state index contributed by atoms with van der Waals surface area (Å²) in [6.07, 6.45) is 0. The van der Waals surface area contributed by atoms with Crippen LogP contribution in [0.25, 0.3) is 0 Å². The number of benzene rings is 1. The van der Waals surface area contributed by atoms with Crippen LogP contribution < -0.4 is 10.1 Å². The molecule has 1 heterocycles. The third kappa shape index (κ3) is 5.37. The number of esters is 1. The number of ether oxygens (including phenoxy) is 2. The van der Waals surface area contributed by atoms with Crippen molar-refractivity contribution in [3.8, 4) is 5.75 Å². The summed E-state index contributed by atoms with van der Waals surface area (Å²) in [6, 6.07) is 9.36. The Bertz CT molecular complexity index is 660. The molecule has 1 aromatic carbocycles. The van der Waals surface area contributed by atoms with Gasteiger partial charge >= 0.3 is 5.97 Å².